The Morgan fingerprint density at radius 3 is 2.87 bits per heavy atom. The summed E-state index contributed by atoms with van der Waals surface area (Å²) in [6, 6.07) is 10.00. The first kappa shape index (κ1) is 15.7. The molecule has 6 nitrogen and oxygen atoms in total. The van der Waals surface area contributed by atoms with Gasteiger partial charge in [0.1, 0.15) is 5.69 Å². The van der Waals surface area contributed by atoms with E-state index >= 15 is 0 Å². The zero-order valence-corrected chi connectivity index (χ0v) is 13.5. The Bertz CT molecular complexity index is 634. The quantitative estimate of drug-likeness (QED) is 0.825. The first-order chi connectivity index (χ1) is 11.3. The van der Waals surface area contributed by atoms with Gasteiger partial charge in [-0.05, 0) is 12.8 Å². The third-order valence-corrected chi connectivity index (χ3v) is 4.02. The summed E-state index contributed by atoms with van der Waals surface area (Å²) in [6.07, 6.45) is 2.16. The molecule has 0 amide bonds. The van der Waals surface area contributed by atoms with Crippen molar-refractivity contribution in [2.75, 3.05) is 36.9 Å². The van der Waals surface area contributed by atoms with Crippen LogP contribution in [-0.4, -0.2) is 41.5 Å². The number of anilines is 2. The molecule has 0 aliphatic carbocycles. The molecule has 0 bridgehead atoms. The van der Waals surface area contributed by atoms with Gasteiger partial charge in [-0.1, -0.05) is 37.3 Å². The summed E-state index contributed by atoms with van der Waals surface area (Å²) in [4.78, 5) is 6.66. The highest BCUT2D eigenvalue weighted by Crippen LogP contribution is 2.30. The van der Waals surface area contributed by atoms with E-state index in [1.54, 1.807) is 0 Å². The molecule has 122 valence electrons. The van der Waals surface area contributed by atoms with E-state index in [9.17, 15) is 0 Å². The van der Waals surface area contributed by atoms with Crippen LogP contribution in [0.15, 0.2) is 30.3 Å². The Balaban J connectivity index is 1.78. The van der Waals surface area contributed by atoms with Crippen molar-refractivity contribution < 1.29 is 4.74 Å². The van der Waals surface area contributed by atoms with E-state index in [1.165, 1.54) is 0 Å². The van der Waals surface area contributed by atoms with Crippen LogP contribution in [-0.2, 0) is 4.74 Å². The van der Waals surface area contributed by atoms with E-state index in [1.807, 2.05) is 30.3 Å². The van der Waals surface area contributed by atoms with E-state index in [2.05, 4.69) is 27.0 Å². The third kappa shape index (κ3) is 3.76. The Hall–Kier alpha value is -2.21. The van der Waals surface area contributed by atoms with Crippen LogP contribution in [0.4, 0.5) is 11.8 Å². The molecule has 1 unspecified atom stereocenters. The number of benzene rings is 1. The van der Waals surface area contributed by atoms with Gasteiger partial charge in [-0.25, -0.2) is 4.98 Å². The summed E-state index contributed by atoms with van der Waals surface area (Å²) < 4.78 is 5.69. The number of ether oxygens (including phenoxy) is 1. The maximum absolute atomic E-state index is 5.75. The van der Waals surface area contributed by atoms with Crippen LogP contribution in [0.5, 0.6) is 0 Å². The molecule has 1 aliphatic heterocycles. The van der Waals surface area contributed by atoms with Gasteiger partial charge in [-0.3, -0.25) is 0 Å². The lowest BCUT2D eigenvalue weighted by molar-refractivity contribution is 0.106. The fourth-order valence-electron chi connectivity index (χ4n) is 2.89. The van der Waals surface area contributed by atoms with E-state index in [0.717, 1.165) is 56.2 Å². The van der Waals surface area contributed by atoms with Crippen molar-refractivity contribution in [2.45, 2.75) is 19.8 Å². The van der Waals surface area contributed by atoms with Gasteiger partial charge in [0.05, 0.1) is 6.61 Å². The molecule has 1 aliphatic rings. The fourth-order valence-corrected chi connectivity index (χ4v) is 2.89. The molecular formula is C17H23N5O. The summed E-state index contributed by atoms with van der Waals surface area (Å²) in [5.74, 6) is 1.54. The lowest BCUT2D eigenvalue weighted by Crippen LogP contribution is -2.24. The topological polar surface area (TPSA) is 77.2 Å². The maximum Gasteiger partial charge on any atom is 0.240 e. The molecule has 2 aromatic rings. The van der Waals surface area contributed by atoms with E-state index in [0.29, 0.717) is 5.92 Å². The van der Waals surface area contributed by atoms with Crippen LogP contribution in [0.25, 0.3) is 11.3 Å². The van der Waals surface area contributed by atoms with Gasteiger partial charge in [0.2, 0.25) is 5.95 Å². The average molecular weight is 313 g/mol. The minimum atomic E-state index is 0.203. The molecular weight excluding hydrogens is 290 g/mol. The van der Waals surface area contributed by atoms with Crippen molar-refractivity contribution in [1.29, 1.82) is 0 Å². The number of nitrogens with zero attached hydrogens (tertiary/aromatic N) is 4. The Kier molecular flexibility index (Phi) is 5.02. The van der Waals surface area contributed by atoms with Gasteiger partial charge >= 0.3 is 0 Å². The molecule has 0 saturated carbocycles. The lowest BCUT2D eigenvalue weighted by Gasteiger charge is -2.19. The monoisotopic (exact) mass is 313 g/mol. The maximum atomic E-state index is 5.75. The number of hydrogen-bond acceptors (Lipinski definition) is 6. The molecule has 1 fully saturated rings. The molecule has 3 rings (SSSR count). The van der Waals surface area contributed by atoms with E-state index in [4.69, 9.17) is 10.5 Å². The van der Waals surface area contributed by atoms with E-state index in [-0.39, 0.29) is 5.95 Å². The van der Waals surface area contributed by atoms with Gasteiger partial charge in [0, 0.05) is 31.2 Å². The zero-order valence-electron chi connectivity index (χ0n) is 13.5. The van der Waals surface area contributed by atoms with Crippen molar-refractivity contribution in [3.8, 4) is 11.3 Å². The molecule has 2 N–H and O–H groups in total. The number of rotatable bonds is 6. The summed E-state index contributed by atoms with van der Waals surface area (Å²) in [6.45, 7) is 5.63. The highest BCUT2D eigenvalue weighted by atomic mass is 16.5. The summed E-state index contributed by atoms with van der Waals surface area (Å²) in [5.41, 5.74) is 7.56. The molecule has 1 atom stereocenters. The Morgan fingerprint density at radius 1 is 1.26 bits per heavy atom. The molecule has 1 saturated heterocycles. The van der Waals surface area contributed by atoms with Crippen molar-refractivity contribution in [1.82, 2.24) is 15.2 Å². The number of hydrogen-bond donors (Lipinski definition) is 1. The van der Waals surface area contributed by atoms with Gasteiger partial charge in [-0.2, -0.15) is 0 Å². The molecule has 1 aromatic heterocycles. The van der Waals surface area contributed by atoms with Crippen molar-refractivity contribution in [3.63, 3.8) is 0 Å². The number of nitrogen functional groups attached to an aromatic ring is 1. The predicted molar refractivity (Wildman–Crippen MR) is 91.1 cm³/mol. The molecule has 0 radical (unpaired) electrons. The molecule has 0 spiro atoms. The van der Waals surface area contributed by atoms with Gasteiger partial charge in [0.15, 0.2) is 5.82 Å². The average Bonchev–Trinajstić information content (AvgIpc) is 3.04. The largest absolute Gasteiger partial charge is 0.381 e. The van der Waals surface area contributed by atoms with Crippen LogP contribution in [0, 0.1) is 5.92 Å². The van der Waals surface area contributed by atoms with Crippen LogP contribution in [0.1, 0.15) is 19.8 Å². The molecule has 2 heterocycles. The highest BCUT2D eigenvalue weighted by Gasteiger charge is 2.26. The number of nitrogens with two attached hydrogens (primary N) is 1. The SMILES string of the molecule is CCCOCC1CCN(c2nnc(N)nc2-c2ccccc2)C1. The third-order valence-electron chi connectivity index (χ3n) is 4.02. The van der Waals surface area contributed by atoms with E-state index < -0.39 is 0 Å². The van der Waals surface area contributed by atoms with Crippen LogP contribution in [0.3, 0.4) is 0 Å². The lowest BCUT2D eigenvalue weighted by atomic mass is 10.1. The van der Waals surface area contributed by atoms with Crippen LogP contribution < -0.4 is 10.6 Å². The minimum absolute atomic E-state index is 0.203. The molecule has 6 heteroatoms. The predicted octanol–water partition coefficient (Wildman–Crippen LogP) is 2.37. The second kappa shape index (κ2) is 7.37. The van der Waals surface area contributed by atoms with Crippen molar-refractivity contribution in [2.24, 2.45) is 5.92 Å². The fraction of sp³-hybridized carbons (Fsp3) is 0.471. The molecule has 23 heavy (non-hydrogen) atoms. The second-order valence-electron chi connectivity index (χ2n) is 5.88. The van der Waals surface area contributed by atoms with Crippen molar-refractivity contribution >= 4 is 11.8 Å². The van der Waals surface area contributed by atoms with Crippen LogP contribution >= 0.6 is 0 Å². The highest BCUT2D eigenvalue weighted by molar-refractivity contribution is 5.72. The Labute approximate surface area is 136 Å². The smallest absolute Gasteiger partial charge is 0.240 e. The summed E-state index contributed by atoms with van der Waals surface area (Å²) >= 11 is 0. The second-order valence-corrected chi connectivity index (χ2v) is 5.88. The first-order valence-electron chi connectivity index (χ1n) is 8.16. The normalized spacial score (nSPS) is 17.6. The van der Waals surface area contributed by atoms with Crippen molar-refractivity contribution in [3.05, 3.63) is 30.3 Å². The molecule has 1 aromatic carbocycles. The van der Waals surface area contributed by atoms with Gasteiger partial charge in [-0.15, -0.1) is 10.2 Å². The summed E-state index contributed by atoms with van der Waals surface area (Å²) in [7, 11) is 0. The van der Waals surface area contributed by atoms with Crippen LogP contribution in [0.2, 0.25) is 0 Å². The van der Waals surface area contributed by atoms with Gasteiger partial charge in [0.25, 0.3) is 0 Å². The number of aromatic nitrogens is 3. The minimum Gasteiger partial charge on any atom is -0.381 e. The first-order valence-corrected chi connectivity index (χ1v) is 8.16. The Morgan fingerprint density at radius 2 is 2.09 bits per heavy atom. The standard InChI is InChI=1S/C17H23N5O/c1-2-10-23-12-13-8-9-22(11-13)16-15(19-17(18)21-20-16)14-6-4-3-5-7-14/h3-7,13H,2,8-12H2,1H3,(H2,18,19,21). The zero-order chi connectivity index (χ0) is 16.1. The summed E-state index contributed by atoms with van der Waals surface area (Å²) in [5, 5.41) is 8.27. The van der Waals surface area contributed by atoms with Gasteiger partial charge < -0.3 is 15.4 Å².